The van der Waals surface area contributed by atoms with Crippen molar-refractivity contribution in [2.45, 2.75) is 145 Å². The Labute approximate surface area is 613 Å². The molecule has 1 aliphatic heterocycles. The molecule has 3 heterocycles. The second-order valence-corrected chi connectivity index (χ2v) is 26.4. The number of rotatable bonds is 35. The number of hydrogen-bond donors (Lipinski definition) is 12. The van der Waals surface area contributed by atoms with Crippen molar-refractivity contribution in [3.63, 3.8) is 0 Å². The summed E-state index contributed by atoms with van der Waals surface area (Å²) in [5.41, 5.74) is 8.41. The molecule has 12 N–H and O–H groups in total. The summed E-state index contributed by atoms with van der Waals surface area (Å²) in [5.74, 6) is -15.1. The monoisotopic (exact) mass is 1460 g/mol. The Hall–Kier alpha value is -12.5. The number of esters is 1. The summed E-state index contributed by atoms with van der Waals surface area (Å²) < 4.78 is 12.1. The lowest BCUT2D eigenvalue weighted by Crippen LogP contribution is -2.58. The van der Waals surface area contributed by atoms with Gasteiger partial charge in [0.15, 0.2) is 0 Å². The van der Waals surface area contributed by atoms with E-state index in [1.807, 2.05) is 84.9 Å². The van der Waals surface area contributed by atoms with Crippen LogP contribution in [0.3, 0.4) is 0 Å². The Morgan fingerprint density at radius 3 is 1.62 bits per heavy atom. The Balaban J connectivity index is 0.858. The lowest BCUT2D eigenvalue weighted by molar-refractivity contribution is -0.142. The van der Waals surface area contributed by atoms with Crippen LogP contribution >= 0.6 is 0 Å². The summed E-state index contributed by atoms with van der Waals surface area (Å²) in [7, 11) is 0. The molecule has 30 heteroatoms. The van der Waals surface area contributed by atoms with Crippen molar-refractivity contribution in [3.8, 4) is 11.1 Å². The summed E-state index contributed by atoms with van der Waals surface area (Å²) in [6.45, 7) is 3.85. The third-order valence-electron chi connectivity index (χ3n) is 18.8. The van der Waals surface area contributed by atoms with Crippen LogP contribution in [-0.4, -0.2) is 168 Å². The number of carboxylic acids is 4. The average molecular weight is 1460 g/mol. The van der Waals surface area contributed by atoms with Gasteiger partial charge in [-0.05, 0) is 139 Å². The number of alkyl carbamates (subject to hydrolysis) is 1. The van der Waals surface area contributed by atoms with Crippen LogP contribution < -0.4 is 42.5 Å². The average Bonchev–Trinajstić information content (AvgIpc) is 1.71. The Morgan fingerprint density at radius 2 is 1.06 bits per heavy atom. The van der Waals surface area contributed by atoms with Crippen LogP contribution in [-0.2, 0) is 81.7 Å². The molecule has 4 aromatic carbocycles. The molecule has 0 fully saturated rings. The fourth-order valence-corrected chi connectivity index (χ4v) is 13.9. The molecule has 558 valence electrons. The number of hydrogen-bond acceptors (Lipinski definition) is 18. The third kappa shape index (κ3) is 20.3. The molecule has 107 heavy (non-hydrogen) atoms. The second-order valence-electron chi connectivity index (χ2n) is 26.4. The smallest absolute Gasteiger partial charge is 0.407 e. The number of anilines is 1. The normalized spacial score (nSPS) is 16.7. The topological polar surface area (TPSA) is 447 Å². The zero-order valence-electron chi connectivity index (χ0n) is 58.4. The molecule has 30 nitrogen and oxygen atoms in total. The molecular weight excluding hydrogens is 1380 g/mol. The van der Waals surface area contributed by atoms with E-state index < -0.39 is 164 Å². The van der Waals surface area contributed by atoms with Gasteiger partial charge in [0.2, 0.25) is 41.4 Å². The summed E-state index contributed by atoms with van der Waals surface area (Å²) in [4.78, 5) is 184. The van der Waals surface area contributed by atoms with Gasteiger partial charge in [-0.15, -0.1) is 0 Å². The quantitative estimate of drug-likeness (QED) is 0.0181. The number of carbonyl (C=O) groups is 13. The van der Waals surface area contributed by atoms with E-state index in [4.69, 9.17) is 9.47 Å². The van der Waals surface area contributed by atoms with Gasteiger partial charge in [0.25, 0.3) is 0 Å². The molecule has 2 aromatic heterocycles. The van der Waals surface area contributed by atoms with Gasteiger partial charge in [0.05, 0.1) is 36.2 Å². The highest BCUT2D eigenvalue weighted by molar-refractivity contribution is 6.01. The number of fused-ring (bicyclic) bond motifs is 7. The van der Waals surface area contributed by atoms with Crippen LogP contribution in [0.1, 0.15) is 133 Å². The first kappa shape index (κ1) is 77.2. The van der Waals surface area contributed by atoms with E-state index in [9.17, 15) is 82.8 Å². The van der Waals surface area contributed by atoms with E-state index in [0.717, 1.165) is 40.6 Å². The van der Waals surface area contributed by atoms with E-state index in [1.165, 1.54) is 19.1 Å². The Morgan fingerprint density at radius 1 is 0.542 bits per heavy atom. The number of nitrogens with zero attached hydrogens (tertiary/aromatic N) is 3. The molecule has 0 bridgehead atoms. The third-order valence-corrected chi connectivity index (χ3v) is 18.8. The number of pyridine rings is 2. The van der Waals surface area contributed by atoms with E-state index in [2.05, 4.69) is 57.4 Å². The molecular formula is C77H81N11O19. The number of unbranched alkanes of at least 4 members (excludes halogenated alkanes) is 1. The van der Waals surface area contributed by atoms with Crippen molar-refractivity contribution < 1.29 is 92.2 Å². The summed E-state index contributed by atoms with van der Waals surface area (Å²) in [5, 5.41) is 58.9. The number of amides is 8. The number of carboxylic acid groups (broad SMARTS) is 4. The number of nitrogens with one attached hydrogen (secondary N) is 8. The maximum Gasteiger partial charge on any atom is 0.407 e. The van der Waals surface area contributed by atoms with Crippen molar-refractivity contribution in [1.82, 2.24) is 52.1 Å². The number of ether oxygens (including phenoxy) is 2. The minimum absolute atomic E-state index is 0.0254. The second kappa shape index (κ2) is 35.8. The highest BCUT2D eigenvalue weighted by Gasteiger charge is 2.46. The molecule has 3 unspecified atom stereocenters. The number of aliphatic carboxylic acids is 4. The molecule has 9 atom stereocenters. The first-order valence-electron chi connectivity index (χ1n) is 34.9. The van der Waals surface area contributed by atoms with E-state index in [1.54, 1.807) is 54.9 Å². The number of aromatic nitrogens is 2. The van der Waals surface area contributed by atoms with E-state index >= 15 is 0 Å². The van der Waals surface area contributed by atoms with Gasteiger partial charge in [-0.2, -0.15) is 0 Å². The predicted molar refractivity (Wildman–Crippen MR) is 382 cm³/mol. The fourth-order valence-electron chi connectivity index (χ4n) is 13.9. The number of benzene rings is 4. The van der Waals surface area contributed by atoms with E-state index in [-0.39, 0.29) is 48.7 Å². The summed E-state index contributed by atoms with van der Waals surface area (Å²) >= 11 is 0. The molecule has 8 amide bonds. The van der Waals surface area contributed by atoms with Gasteiger partial charge in [0, 0.05) is 68.0 Å². The molecule has 3 aliphatic carbocycles. The van der Waals surface area contributed by atoms with Crippen LogP contribution in [0.5, 0.6) is 0 Å². The van der Waals surface area contributed by atoms with Crippen LogP contribution in [0.25, 0.3) is 11.1 Å². The molecule has 6 aromatic rings. The minimum atomic E-state index is -1.80. The van der Waals surface area contributed by atoms with Gasteiger partial charge in [-0.25, -0.2) is 9.59 Å². The zero-order valence-corrected chi connectivity index (χ0v) is 58.4. The van der Waals surface area contributed by atoms with Crippen molar-refractivity contribution in [2.75, 3.05) is 18.5 Å². The molecule has 0 spiro atoms. The highest BCUT2D eigenvalue weighted by atomic mass is 16.6. The molecule has 0 saturated heterocycles. The molecule has 10 rings (SSSR count). The first-order valence-corrected chi connectivity index (χ1v) is 34.9. The van der Waals surface area contributed by atoms with Crippen molar-refractivity contribution in [1.29, 1.82) is 0 Å². The standard InChI is InChI=1S/C77H81N11O19/c1-3-57(83-72(100)59(27-28-64(90)91)84-75(103)60(36-65(92)93)80-42(2)89)70(98)85-61(37-66(94)95)73(101)81-45-25-26-49-43(33-45)32-44-34-48(35-63-68(44)69(49)54-22-8-9-23-55(54)76(104)107-63)82-74(102)62(38-67(96)97)86-71(99)58(24-12-15-31-88(39-46-16-10-13-29-78-46)40-47-17-11-14-30-79-47)87-77(105)106-41-56-52-20-6-4-18-50(52)51-19-5-7-21-53(51)56/h4-11,13-14,16-23,25-26,29-30,33-35,56-63,68-69H,3,12,15,24,27-28,31-32,36-41H2,1-2H3,(H,80,89)(H,81,101)(H,82,102)(H,83,100)(H,84,103)(H,85,98)(H,86,99)(H,87,105)(H,90,91)(H,92,93)(H,94,95)(H,96,97)/t57-,58-,59-,60-,61-,62-,63?,68?,69?/m0/s1. The van der Waals surface area contributed by atoms with Crippen LogP contribution in [0.15, 0.2) is 163 Å². The maximum atomic E-state index is 14.7. The highest BCUT2D eigenvalue weighted by Crippen LogP contribution is 2.51. The van der Waals surface area contributed by atoms with Crippen molar-refractivity contribution >= 4 is 83.0 Å². The van der Waals surface area contributed by atoms with Crippen molar-refractivity contribution in [3.05, 3.63) is 208 Å². The molecule has 0 saturated carbocycles. The Bertz CT molecular complexity index is 4350. The van der Waals surface area contributed by atoms with Gasteiger partial charge in [-0.1, -0.05) is 97.4 Å². The number of allylic oxidation sites excluding steroid dienone is 1. The largest absolute Gasteiger partial charge is 0.481 e. The van der Waals surface area contributed by atoms with Gasteiger partial charge < -0.3 is 72.4 Å². The SMILES string of the molecule is CC[C@H](NC(=O)[C@H](CCC(=O)O)NC(=O)[C@H](CC(=O)O)NC(C)=O)C(=O)N[C@@H](CC(=O)O)C(=O)Nc1ccc2c(c1)CC1=CC(NC(=O)[C@H](CC(=O)O)NC(=O)[C@H](CCCCN(Cc3ccccn3)Cc3ccccn3)NC(=O)OCC3c4ccccc4-c4ccccc43)=CC3OC(=O)c4ccccc4C2C13. The Kier molecular flexibility index (Phi) is 25.8. The van der Waals surface area contributed by atoms with Gasteiger partial charge in [0.1, 0.15) is 49.0 Å². The van der Waals surface area contributed by atoms with Gasteiger partial charge >= 0.3 is 35.9 Å². The lowest BCUT2D eigenvalue weighted by Gasteiger charge is -2.40. The van der Waals surface area contributed by atoms with Crippen LogP contribution in [0.4, 0.5) is 10.5 Å². The molecule has 4 aliphatic rings. The molecule has 0 radical (unpaired) electrons. The first-order chi connectivity index (χ1) is 51.4. The fraction of sp³-hybridized carbons (Fsp3) is 0.338. The van der Waals surface area contributed by atoms with Crippen molar-refractivity contribution in [2.24, 2.45) is 5.92 Å². The lowest BCUT2D eigenvalue weighted by atomic mass is 9.65. The number of carbonyl (C=O) groups excluding carboxylic acids is 9. The van der Waals surface area contributed by atoms with Crippen LogP contribution in [0, 0.1) is 5.92 Å². The maximum absolute atomic E-state index is 14.7. The summed E-state index contributed by atoms with van der Waals surface area (Å²) in [6, 6.07) is 28.6. The summed E-state index contributed by atoms with van der Waals surface area (Å²) in [6.07, 6.45) is 1.33. The predicted octanol–water partition coefficient (Wildman–Crippen LogP) is 5.12. The van der Waals surface area contributed by atoms with Crippen LogP contribution in [0.2, 0.25) is 0 Å². The zero-order chi connectivity index (χ0) is 76.4. The minimum Gasteiger partial charge on any atom is -0.481 e. The van der Waals surface area contributed by atoms with Gasteiger partial charge in [-0.3, -0.25) is 67.6 Å². The van der Waals surface area contributed by atoms with E-state index in [0.29, 0.717) is 54.7 Å².